The third-order valence-electron chi connectivity index (χ3n) is 12.2. The number of hydrogen-bond acceptors (Lipinski definition) is 6. The van der Waals surface area contributed by atoms with E-state index in [4.69, 9.17) is 14.2 Å². The van der Waals surface area contributed by atoms with Crippen LogP contribution in [0.2, 0.25) is 0 Å². The first-order valence-electron chi connectivity index (χ1n) is 28.4. The lowest BCUT2D eigenvalue weighted by Gasteiger charge is -2.18. The molecule has 0 saturated carbocycles. The van der Waals surface area contributed by atoms with Gasteiger partial charge in [-0.15, -0.1) is 0 Å². The first-order valence-corrected chi connectivity index (χ1v) is 28.4. The fraction of sp³-hybridized carbons (Fsp3) is 0.754. The zero-order valence-corrected chi connectivity index (χ0v) is 44.2. The zero-order valence-electron chi connectivity index (χ0n) is 44.2. The van der Waals surface area contributed by atoms with Crippen LogP contribution in [-0.4, -0.2) is 37.2 Å². The van der Waals surface area contributed by atoms with Crippen molar-refractivity contribution in [2.24, 2.45) is 0 Å². The number of allylic oxidation sites excluding steroid dienone is 12. The lowest BCUT2D eigenvalue weighted by atomic mass is 10.1. The fourth-order valence-corrected chi connectivity index (χ4v) is 7.96. The molecule has 0 spiro atoms. The monoisotopic (exact) mass is 935 g/mol. The summed E-state index contributed by atoms with van der Waals surface area (Å²) in [4.78, 5) is 38.1. The van der Waals surface area contributed by atoms with Gasteiger partial charge in [0.05, 0.1) is 0 Å². The molecular formula is C61H106O6. The quantitative estimate of drug-likeness (QED) is 0.0262. The Kier molecular flexibility index (Phi) is 52.8. The summed E-state index contributed by atoms with van der Waals surface area (Å²) in [5.74, 6) is -0.898. The molecular weight excluding hydrogens is 829 g/mol. The number of ether oxygens (including phenoxy) is 3. The van der Waals surface area contributed by atoms with Crippen molar-refractivity contribution in [2.75, 3.05) is 13.2 Å². The van der Waals surface area contributed by atoms with Crippen LogP contribution in [-0.2, 0) is 28.6 Å². The summed E-state index contributed by atoms with van der Waals surface area (Å²) in [6, 6.07) is 0. The normalized spacial score (nSPS) is 12.6. The number of rotatable bonds is 51. The van der Waals surface area contributed by atoms with Crippen LogP contribution in [0.1, 0.15) is 278 Å². The van der Waals surface area contributed by atoms with Crippen molar-refractivity contribution in [2.45, 2.75) is 284 Å². The first-order chi connectivity index (χ1) is 33.0. The third kappa shape index (κ3) is 53.7. The molecule has 6 nitrogen and oxygen atoms in total. The highest BCUT2D eigenvalue weighted by atomic mass is 16.6. The van der Waals surface area contributed by atoms with Gasteiger partial charge in [-0.1, -0.05) is 229 Å². The Morgan fingerprint density at radius 1 is 0.313 bits per heavy atom. The zero-order chi connectivity index (χ0) is 48.6. The van der Waals surface area contributed by atoms with Crippen molar-refractivity contribution in [3.63, 3.8) is 0 Å². The fourth-order valence-electron chi connectivity index (χ4n) is 7.96. The van der Waals surface area contributed by atoms with Crippen molar-refractivity contribution in [1.29, 1.82) is 0 Å². The van der Waals surface area contributed by atoms with Crippen LogP contribution in [0.4, 0.5) is 0 Å². The predicted molar refractivity (Wildman–Crippen MR) is 288 cm³/mol. The van der Waals surface area contributed by atoms with Crippen LogP contribution in [0.15, 0.2) is 72.9 Å². The molecule has 386 valence electrons. The molecule has 0 N–H and O–H groups in total. The van der Waals surface area contributed by atoms with E-state index in [-0.39, 0.29) is 31.1 Å². The van der Waals surface area contributed by atoms with Gasteiger partial charge in [-0.25, -0.2) is 0 Å². The molecule has 1 atom stereocenters. The minimum absolute atomic E-state index is 0.0835. The maximum absolute atomic E-state index is 12.8. The molecule has 0 aliphatic heterocycles. The van der Waals surface area contributed by atoms with Crippen molar-refractivity contribution in [3.8, 4) is 0 Å². The molecule has 0 saturated heterocycles. The molecule has 0 heterocycles. The smallest absolute Gasteiger partial charge is 0.306 e. The highest BCUT2D eigenvalue weighted by Gasteiger charge is 2.19. The van der Waals surface area contributed by atoms with E-state index in [9.17, 15) is 14.4 Å². The van der Waals surface area contributed by atoms with Crippen LogP contribution in [0.3, 0.4) is 0 Å². The third-order valence-corrected chi connectivity index (χ3v) is 12.2. The summed E-state index contributed by atoms with van der Waals surface area (Å²) < 4.78 is 16.9. The van der Waals surface area contributed by atoms with Crippen molar-refractivity contribution >= 4 is 17.9 Å². The number of carbonyl (C=O) groups is 3. The van der Waals surface area contributed by atoms with Crippen molar-refractivity contribution in [3.05, 3.63) is 72.9 Å². The molecule has 0 aliphatic carbocycles. The lowest BCUT2D eigenvalue weighted by molar-refractivity contribution is -0.167. The molecule has 0 aromatic heterocycles. The van der Waals surface area contributed by atoms with Crippen LogP contribution < -0.4 is 0 Å². The van der Waals surface area contributed by atoms with E-state index >= 15 is 0 Å². The second-order valence-corrected chi connectivity index (χ2v) is 18.8. The summed E-state index contributed by atoms with van der Waals surface area (Å²) >= 11 is 0. The Morgan fingerprint density at radius 2 is 0.582 bits per heavy atom. The van der Waals surface area contributed by atoms with E-state index < -0.39 is 6.10 Å². The number of unbranched alkanes of at least 4 members (excludes halogenated alkanes) is 28. The second-order valence-electron chi connectivity index (χ2n) is 18.8. The van der Waals surface area contributed by atoms with E-state index in [2.05, 4.69) is 93.7 Å². The van der Waals surface area contributed by atoms with Gasteiger partial charge in [0.2, 0.25) is 0 Å². The van der Waals surface area contributed by atoms with Gasteiger partial charge in [0.1, 0.15) is 13.2 Å². The second kappa shape index (κ2) is 55.4. The average molecular weight is 936 g/mol. The Bertz CT molecular complexity index is 1260. The van der Waals surface area contributed by atoms with Gasteiger partial charge < -0.3 is 14.2 Å². The van der Waals surface area contributed by atoms with Gasteiger partial charge in [-0.2, -0.15) is 0 Å². The summed E-state index contributed by atoms with van der Waals surface area (Å²) in [5, 5.41) is 0. The summed E-state index contributed by atoms with van der Waals surface area (Å²) in [6.07, 6.45) is 70.3. The van der Waals surface area contributed by atoms with E-state index in [0.717, 1.165) is 109 Å². The van der Waals surface area contributed by atoms with Gasteiger partial charge in [-0.05, 0) is 103 Å². The minimum Gasteiger partial charge on any atom is -0.462 e. The first kappa shape index (κ1) is 63.8. The summed E-state index contributed by atoms with van der Waals surface area (Å²) in [5.41, 5.74) is 0. The highest BCUT2D eigenvalue weighted by Crippen LogP contribution is 2.15. The maximum Gasteiger partial charge on any atom is 0.306 e. The standard InChI is InChI=1S/C61H106O6/c1-4-7-10-13-16-19-22-25-28-30-31-32-34-36-39-42-45-48-51-54-60(63)66-57-58(56-65-59(62)53-50-47-44-41-38-35-27-24-21-18-15-12-9-6-3)67-61(64)55-52-49-46-43-40-37-33-29-26-23-20-17-14-11-8-5-2/h7,9-10,12,16,18-19,21,25,28-29,33,58H,4-6,8,11,13-15,17,20,22-24,26-27,30-32,34-57H2,1-3H3/b10-7-,12-9-,19-16-,21-18-,28-25-,33-29-. The Balaban J connectivity index is 4.38. The molecule has 0 radical (unpaired) electrons. The number of carbonyl (C=O) groups excluding carboxylic acids is 3. The minimum atomic E-state index is -0.785. The topological polar surface area (TPSA) is 78.9 Å². The van der Waals surface area contributed by atoms with Gasteiger partial charge in [0.15, 0.2) is 6.10 Å². The molecule has 1 unspecified atom stereocenters. The molecule has 0 fully saturated rings. The van der Waals surface area contributed by atoms with E-state index in [1.165, 1.54) is 128 Å². The molecule has 6 heteroatoms. The number of hydrogen-bond donors (Lipinski definition) is 0. The molecule has 0 aliphatic rings. The molecule has 0 aromatic carbocycles. The van der Waals surface area contributed by atoms with E-state index in [1.807, 2.05) is 0 Å². The molecule has 0 rings (SSSR count). The average Bonchev–Trinajstić information content (AvgIpc) is 3.33. The van der Waals surface area contributed by atoms with Gasteiger partial charge in [-0.3, -0.25) is 14.4 Å². The Hall–Kier alpha value is -3.15. The molecule has 0 bridgehead atoms. The number of esters is 3. The summed E-state index contributed by atoms with van der Waals surface area (Å²) in [6.45, 7) is 6.42. The highest BCUT2D eigenvalue weighted by molar-refractivity contribution is 5.71. The van der Waals surface area contributed by atoms with Gasteiger partial charge >= 0.3 is 17.9 Å². The van der Waals surface area contributed by atoms with Crippen LogP contribution in [0, 0.1) is 0 Å². The van der Waals surface area contributed by atoms with Crippen molar-refractivity contribution < 1.29 is 28.6 Å². The molecule has 67 heavy (non-hydrogen) atoms. The largest absolute Gasteiger partial charge is 0.462 e. The SMILES string of the molecule is CC/C=C\C/C=C\C/C=C\CCCCCCCCCCCC(=O)OCC(COC(=O)CCCCCCCCC/C=C\C/C=C\CC)OC(=O)CCCCCCC/C=C\CCCCCCCCC. The predicted octanol–water partition coefficient (Wildman–Crippen LogP) is 19.0. The summed E-state index contributed by atoms with van der Waals surface area (Å²) in [7, 11) is 0. The van der Waals surface area contributed by atoms with Crippen LogP contribution in [0.5, 0.6) is 0 Å². The van der Waals surface area contributed by atoms with Crippen molar-refractivity contribution in [1.82, 2.24) is 0 Å². The molecule has 0 aromatic rings. The Labute approximate surface area is 414 Å². The maximum atomic E-state index is 12.8. The van der Waals surface area contributed by atoms with Gasteiger partial charge in [0, 0.05) is 19.3 Å². The lowest BCUT2D eigenvalue weighted by Crippen LogP contribution is -2.30. The van der Waals surface area contributed by atoms with Crippen LogP contribution >= 0.6 is 0 Å². The van der Waals surface area contributed by atoms with Crippen LogP contribution in [0.25, 0.3) is 0 Å². The van der Waals surface area contributed by atoms with E-state index in [1.54, 1.807) is 0 Å². The van der Waals surface area contributed by atoms with E-state index in [0.29, 0.717) is 19.3 Å². The molecule has 0 amide bonds. The Morgan fingerprint density at radius 3 is 0.925 bits per heavy atom. The van der Waals surface area contributed by atoms with Gasteiger partial charge in [0.25, 0.3) is 0 Å².